The van der Waals surface area contributed by atoms with Crippen LogP contribution in [-0.2, 0) is 10.3 Å². The highest BCUT2D eigenvalue weighted by Gasteiger charge is 2.39. The van der Waals surface area contributed by atoms with Crippen molar-refractivity contribution in [3.8, 4) is 17.6 Å². The minimum Gasteiger partial charge on any atom is -0.493 e. The molecule has 1 N–H and O–H groups in total. The lowest BCUT2D eigenvalue weighted by Crippen LogP contribution is -2.47. The summed E-state index contributed by atoms with van der Waals surface area (Å²) in [6.45, 7) is 1.68. The lowest BCUT2D eigenvalue weighted by Gasteiger charge is -2.34. The van der Waals surface area contributed by atoms with E-state index in [0.717, 1.165) is 37.7 Å². The van der Waals surface area contributed by atoms with Crippen LogP contribution in [0.1, 0.15) is 49.4 Å². The molecule has 0 atom stereocenters. The second-order valence-corrected chi connectivity index (χ2v) is 6.96. The van der Waals surface area contributed by atoms with Gasteiger partial charge in [-0.05, 0) is 36.6 Å². The molecule has 1 fully saturated rings. The van der Waals surface area contributed by atoms with Gasteiger partial charge in [-0.2, -0.15) is 10.2 Å². The molecule has 1 aromatic carbocycles. The van der Waals surface area contributed by atoms with E-state index in [0.29, 0.717) is 23.2 Å². The van der Waals surface area contributed by atoms with Gasteiger partial charge < -0.3 is 19.3 Å². The topological polar surface area (TPSA) is 110 Å². The van der Waals surface area contributed by atoms with E-state index in [2.05, 4.69) is 15.5 Å². The Labute approximate surface area is 169 Å². The summed E-state index contributed by atoms with van der Waals surface area (Å²) >= 11 is 0. The highest BCUT2D eigenvalue weighted by atomic mass is 16.5. The third kappa shape index (κ3) is 4.93. The van der Waals surface area contributed by atoms with Crippen molar-refractivity contribution >= 4 is 12.0 Å². The molecular weight excluding hydrogens is 372 g/mol. The van der Waals surface area contributed by atoms with Crippen LogP contribution in [0, 0.1) is 18.3 Å². The Bertz CT molecular complexity index is 923. The van der Waals surface area contributed by atoms with Crippen molar-refractivity contribution in [3.63, 3.8) is 0 Å². The third-order valence-corrected chi connectivity index (χ3v) is 4.93. The average molecular weight is 396 g/mol. The van der Waals surface area contributed by atoms with E-state index in [-0.39, 0.29) is 12.5 Å². The number of aromatic nitrogens is 2. The van der Waals surface area contributed by atoms with Gasteiger partial charge in [-0.1, -0.05) is 30.5 Å². The van der Waals surface area contributed by atoms with Crippen LogP contribution in [0.25, 0.3) is 6.08 Å². The van der Waals surface area contributed by atoms with E-state index in [1.165, 1.54) is 13.2 Å². The maximum atomic E-state index is 12.7. The number of carbonyl (C=O) groups is 1. The van der Waals surface area contributed by atoms with Crippen LogP contribution in [-0.4, -0.2) is 29.8 Å². The highest BCUT2D eigenvalue weighted by Crippen LogP contribution is 2.35. The zero-order valence-electron chi connectivity index (χ0n) is 16.6. The first-order valence-electron chi connectivity index (χ1n) is 9.55. The molecule has 0 spiro atoms. The van der Waals surface area contributed by atoms with Crippen LogP contribution < -0.4 is 14.8 Å². The maximum Gasteiger partial charge on any atom is 0.244 e. The monoisotopic (exact) mass is 396 g/mol. The molecule has 0 radical (unpaired) electrons. The van der Waals surface area contributed by atoms with Crippen molar-refractivity contribution in [2.24, 2.45) is 0 Å². The first kappa shape index (κ1) is 20.4. The molecule has 152 valence electrons. The zero-order chi connectivity index (χ0) is 20.7. The molecular formula is C21H24N4O4. The summed E-state index contributed by atoms with van der Waals surface area (Å²) in [5, 5.41) is 15.8. The quantitative estimate of drug-likeness (QED) is 0.715. The zero-order valence-corrected chi connectivity index (χ0v) is 16.6. The molecule has 2 aromatic rings. The molecule has 1 saturated carbocycles. The molecule has 1 aliphatic carbocycles. The number of nitriles is 1. The predicted molar refractivity (Wildman–Crippen MR) is 105 cm³/mol. The van der Waals surface area contributed by atoms with Crippen molar-refractivity contribution in [1.82, 2.24) is 15.5 Å². The van der Waals surface area contributed by atoms with Gasteiger partial charge in [-0.25, -0.2) is 0 Å². The Morgan fingerprint density at radius 2 is 2.14 bits per heavy atom. The summed E-state index contributed by atoms with van der Waals surface area (Å²) in [7, 11) is 1.52. The normalized spacial score (nSPS) is 15.6. The highest BCUT2D eigenvalue weighted by molar-refractivity contribution is 5.92. The minimum atomic E-state index is -0.593. The summed E-state index contributed by atoms with van der Waals surface area (Å²) in [5.74, 6) is 1.77. The maximum absolute atomic E-state index is 12.7. The van der Waals surface area contributed by atoms with E-state index >= 15 is 0 Å². The second-order valence-electron chi connectivity index (χ2n) is 6.96. The smallest absolute Gasteiger partial charge is 0.244 e. The number of hydrogen-bond donors (Lipinski definition) is 1. The molecule has 8 heteroatoms. The lowest BCUT2D eigenvalue weighted by atomic mass is 9.81. The fraction of sp³-hybridized carbons (Fsp3) is 0.429. The molecule has 0 aliphatic heterocycles. The molecule has 1 amide bonds. The predicted octanol–water partition coefficient (Wildman–Crippen LogP) is 3.28. The number of amides is 1. The molecule has 29 heavy (non-hydrogen) atoms. The van der Waals surface area contributed by atoms with Crippen LogP contribution >= 0.6 is 0 Å². The van der Waals surface area contributed by atoms with Gasteiger partial charge in [0.2, 0.25) is 11.8 Å². The second kappa shape index (κ2) is 9.24. The van der Waals surface area contributed by atoms with E-state index in [1.807, 2.05) is 6.07 Å². The van der Waals surface area contributed by atoms with Gasteiger partial charge in [0.25, 0.3) is 0 Å². The van der Waals surface area contributed by atoms with Gasteiger partial charge in [0.05, 0.1) is 7.11 Å². The Hall–Kier alpha value is -3.34. The number of rotatable bonds is 7. The van der Waals surface area contributed by atoms with Gasteiger partial charge in [0, 0.05) is 13.0 Å². The van der Waals surface area contributed by atoms with Crippen LogP contribution in [0.4, 0.5) is 0 Å². The molecule has 1 aliphatic rings. The first-order chi connectivity index (χ1) is 14.1. The third-order valence-electron chi connectivity index (χ3n) is 4.93. The largest absolute Gasteiger partial charge is 0.493 e. The van der Waals surface area contributed by atoms with E-state index in [4.69, 9.17) is 19.3 Å². The number of hydrogen-bond acceptors (Lipinski definition) is 7. The molecule has 0 saturated heterocycles. The SMILES string of the molecule is COc1cc(/C=C/C(=O)NC2(c3noc(C)n3)CCCCC2)ccc1OCC#N. The number of benzene rings is 1. The van der Waals surface area contributed by atoms with Crippen molar-refractivity contribution in [1.29, 1.82) is 5.26 Å². The fourth-order valence-corrected chi connectivity index (χ4v) is 3.52. The van der Waals surface area contributed by atoms with Gasteiger partial charge in [-0.15, -0.1) is 0 Å². The molecule has 1 aromatic heterocycles. The first-order valence-corrected chi connectivity index (χ1v) is 9.55. The van der Waals surface area contributed by atoms with Crippen molar-refractivity contribution in [2.75, 3.05) is 13.7 Å². The van der Waals surface area contributed by atoms with E-state index < -0.39 is 5.54 Å². The van der Waals surface area contributed by atoms with Crippen molar-refractivity contribution in [2.45, 2.75) is 44.6 Å². The Kier molecular flexibility index (Phi) is 6.50. The van der Waals surface area contributed by atoms with Crippen molar-refractivity contribution < 1.29 is 18.8 Å². The van der Waals surface area contributed by atoms with Gasteiger partial charge >= 0.3 is 0 Å². The van der Waals surface area contributed by atoms with Crippen molar-refractivity contribution in [3.05, 3.63) is 41.6 Å². The van der Waals surface area contributed by atoms with Crippen LogP contribution in [0.5, 0.6) is 11.5 Å². The Morgan fingerprint density at radius 3 is 2.79 bits per heavy atom. The minimum absolute atomic E-state index is 0.0639. The summed E-state index contributed by atoms with van der Waals surface area (Å²) in [4.78, 5) is 17.0. The van der Waals surface area contributed by atoms with Crippen LogP contribution in [0.2, 0.25) is 0 Å². The number of nitrogens with one attached hydrogen (secondary N) is 1. The van der Waals surface area contributed by atoms with Gasteiger partial charge in [0.1, 0.15) is 11.6 Å². The number of aryl methyl sites for hydroxylation is 1. The lowest BCUT2D eigenvalue weighted by molar-refractivity contribution is -0.119. The van der Waals surface area contributed by atoms with Crippen LogP contribution in [0.3, 0.4) is 0 Å². The number of ether oxygens (including phenoxy) is 2. The molecule has 0 bridgehead atoms. The molecule has 1 heterocycles. The number of carbonyl (C=O) groups excluding carboxylic acids is 1. The van der Waals surface area contributed by atoms with E-state index in [9.17, 15) is 4.79 Å². The van der Waals surface area contributed by atoms with Gasteiger partial charge in [-0.3, -0.25) is 4.79 Å². The van der Waals surface area contributed by atoms with E-state index in [1.54, 1.807) is 31.2 Å². The number of methoxy groups -OCH3 is 1. The van der Waals surface area contributed by atoms with Gasteiger partial charge in [0.15, 0.2) is 23.9 Å². The Morgan fingerprint density at radius 1 is 1.34 bits per heavy atom. The number of nitrogens with zero attached hydrogens (tertiary/aromatic N) is 3. The molecule has 0 unspecified atom stereocenters. The fourth-order valence-electron chi connectivity index (χ4n) is 3.52. The van der Waals surface area contributed by atoms with Crippen LogP contribution in [0.15, 0.2) is 28.8 Å². The summed E-state index contributed by atoms with van der Waals surface area (Å²) in [6.07, 6.45) is 7.87. The summed E-state index contributed by atoms with van der Waals surface area (Å²) in [6, 6.07) is 7.16. The summed E-state index contributed by atoms with van der Waals surface area (Å²) < 4.78 is 15.7. The molecule has 8 nitrogen and oxygen atoms in total. The Balaban J connectivity index is 1.73. The average Bonchev–Trinajstić information content (AvgIpc) is 3.18. The summed E-state index contributed by atoms with van der Waals surface area (Å²) in [5.41, 5.74) is 0.179. The standard InChI is InChI=1S/C21H24N4O4/c1-15-23-20(25-29-15)21(10-4-3-5-11-21)24-19(26)9-7-16-6-8-17(28-13-12-22)18(14-16)27-2/h6-9,14H,3-5,10-11,13H2,1-2H3,(H,24,26)/b9-7+. The molecule has 3 rings (SSSR count).